The molecule has 0 amide bonds. The highest BCUT2D eigenvalue weighted by molar-refractivity contribution is 6.33. The average Bonchev–Trinajstić information content (AvgIpc) is 2.57. The van der Waals surface area contributed by atoms with Crippen molar-refractivity contribution in [2.75, 3.05) is 26.2 Å². The van der Waals surface area contributed by atoms with E-state index in [0.717, 1.165) is 39.0 Å². The van der Waals surface area contributed by atoms with Crippen molar-refractivity contribution in [2.45, 2.75) is 38.1 Å². The molecule has 1 saturated heterocycles. The lowest BCUT2D eigenvalue weighted by atomic mass is 9.80. The van der Waals surface area contributed by atoms with Gasteiger partial charge in [-0.2, -0.15) is 0 Å². The molecular formula is C17H23Cl2FN2. The second-order valence-corrected chi connectivity index (χ2v) is 7.20. The maximum absolute atomic E-state index is 14.8. The van der Waals surface area contributed by atoms with Crippen LogP contribution in [0, 0.1) is 11.7 Å². The quantitative estimate of drug-likeness (QED) is 0.802. The van der Waals surface area contributed by atoms with Gasteiger partial charge >= 0.3 is 0 Å². The predicted octanol–water partition coefficient (Wildman–Crippen LogP) is 4.66. The molecule has 0 spiro atoms. The number of halogens is 3. The molecule has 2 aliphatic rings. The van der Waals surface area contributed by atoms with Crippen molar-refractivity contribution in [3.8, 4) is 0 Å². The zero-order valence-electron chi connectivity index (χ0n) is 12.8. The minimum atomic E-state index is -0.330. The van der Waals surface area contributed by atoms with Gasteiger partial charge in [-0.15, -0.1) is 0 Å². The molecule has 0 aromatic heterocycles. The van der Waals surface area contributed by atoms with Gasteiger partial charge < -0.3 is 5.32 Å². The molecule has 22 heavy (non-hydrogen) atoms. The summed E-state index contributed by atoms with van der Waals surface area (Å²) in [5.74, 6) is 0.139. The topological polar surface area (TPSA) is 15.3 Å². The van der Waals surface area contributed by atoms with Gasteiger partial charge in [-0.3, -0.25) is 4.90 Å². The van der Waals surface area contributed by atoms with Gasteiger partial charge in [0.25, 0.3) is 0 Å². The van der Waals surface area contributed by atoms with Crippen molar-refractivity contribution in [1.82, 2.24) is 10.2 Å². The van der Waals surface area contributed by atoms with E-state index in [1.807, 2.05) is 0 Å². The van der Waals surface area contributed by atoms with Crippen LogP contribution in [0.1, 0.15) is 43.7 Å². The lowest BCUT2D eigenvalue weighted by Crippen LogP contribution is -2.47. The summed E-state index contributed by atoms with van der Waals surface area (Å²) in [6.45, 7) is 3.76. The summed E-state index contributed by atoms with van der Waals surface area (Å²) in [6, 6.07) is 3.34. The summed E-state index contributed by atoms with van der Waals surface area (Å²) in [5, 5.41) is 4.06. The molecule has 1 aromatic carbocycles. The number of nitrogens with one attached hydrogen (secondary N) is 1. The molecule has 1 saturated carbocycles. The van der Waals surface area contributed by atoms with Crippen molar-refractivity contribution in [1.29, 1.82) is 0 Å². The molecule has 0 unspecified atom stereocenters. The summed E-state index contributed by atoms with van der Waals surface area (Å²) in [7, 11) is 0. The summed E-state index contributed by atoms with van der Waals surface area (Å²) >= 11 is 12.4. The molecular weight excluding hydrogens is 322 g/mol. The molecule has 2 nitrogen and oxygen atoms in total. The minimum absolute atomic E-state index is 0.0496. The highest BCUT2D eigenvalue weighted by Gasteiger charge is 2.34. The average molecular weight is 345 g/mol. The second kappa shape index (κ2) is 7.48. The Morgan fingerprint density at radius 2 is 1.68 bits per heavy atom. The maximum Gasteiger partial charge on any atom is 0.148 e. The lowest BCUT2D eigenvalue weighted by Gasteiger charge is -2.41. The Hall–Kier alpha value is -0.350. The fraction of sp³-hybridized carbons (Fsp3) is 0.647. The van der Waals surface area contributed by atoms with Crippen LogP contribution in [-0.4, -0.2) is 31.1 Å². The van der Waals surface area contributed by atoms with Crippen LogP contribution >= 0.6 is 23.2 Å². The van der Waals surface area contributed by atoms with Crippen LogP contribution in [0.5, 0.6) is 0 Å². The van der Waals surface area contributed by atoms with Crippen LogP contribution in [0.4, 0.5) is 4.39 Å². The lowest BCUT2D eigenvalue weighted by molar-refractivity contribution is 0.101. The van der Waals surface area contributed by atoms with E-state index >= 15 is 0 Å². The molecule has 1 heterocycles. The van der Waals surface area contributed by atoms with Crippen LogP contribution in [-0.2, 0) is 0 Å². The Morgan fingerprint density at radius 1 is 1.05 bits per heavy atom. The third kappa shape index (κ3) is 3.43. The highest BCUT2D eigenvalue weighted by Crippen LogP contribution is 2.43. The third-order valence-corrected chi connectivity index (χ3v) is 5.64. The number of hydrogen-bond donors (Lipinski definition) is 1. The first kappa shape index (κ1) is 16.5. The molecule has 5 heteroatoms. The van der Waals surface area contributed by atoms with E-state index in [1.165, 1.54) is 19.3 Å². The smallest absolute Gasteiger partial charge is 0.148 e. The maximum atomic E-state index is 14.8. The molecule has 1 atom stereocenters. The van der Waals surface area contributed by atoms with Crippen molar-refractivity contribution >= 4 is 23.2 Å². The van der Waals surface area contributed by atoms with Gasteiger partial charge in [0.05, 0.1) is 5.02 Å². The standard InChI is InChI=1S/C17H23Cl2FN2/c18-13-6-7-14(19)16(20)15(13)17(12-4-2-1-3-5-12)22-10-8-21-9-11-22/h6-7,12,17,21H,1-5,8-11H2/t17-/m0/s1. The number of nitrogens with zero attached hydrogens (tertiary/aromatic N) is 1. The Bertz CT molecular complexity index is 494. The number of piperazine rings is 1. The van der Waals surface area contributed by atoms with E-state index in [4.69, 9.17) is 23.2 Å². The van der Waals surface area contributed by atoms with Crippen LogP contribution in [0.2, 0.25) is 10.0 Å². The Balaban J connectivity index is 1.98. The van der Waals surface area contributed by atoms with E-state index in [1.54, 1.807) is 12.1 Å². The van der Waals surface area contributed by atoms with Gasteiger partial charge in [-0.05, 0) is 30.9 Å². The number of rotatable bonds is 3. The fourth-order valence-corrected chi connectivity index (χ4v) is 4.36. The summed E-state index contributed by atoms with van der Waals surface area (Å²) < 4.78 is 14.8. The number of benzene rings is 1. The van der Waals surface area contributed by atoms with Gasteiger partial charge in [0.1, 0.15) is 5.82 Å². The van der Waals surface area contributed by atoms with Gasteiger partial charge in [0.2, 0.25) is 0 Å². The molecule has 122 valence electrons. The molecule has 2 fully saturated rings. The summed E-state index contributed by atoms with van der Waals surface area (Å²) in [6.07, 6.45) is 6.05. The van der Waals surface area contributed by atoms with E-state index in [0.29, 0.717) is 16.5 Å². The second-order valence-electron chi connectivity index (χ2n) is 6.39. The Labute approximate surface area is 142 Å². The number of hydrogen-bond acceptors (Lipinski definition) is 2. The van der Waals surface area contributed by atoms with E-state index < -0.39 is 0 Å². The van der Waals surface area contributed by atoms with Gasteiger partial charge in [0.15, 0.2) is 0 Å². The van der Waals surface area contributed by atoms with E-state index in [9.17, 15) is 4.39 Å². The predicted molar refractivity (Wildman–Crippen MR) is 90.2 cm³/mol. The zero-order valence-corrected chi connectivity index (χ0v) is 14.3. The van der Waals surface area contributed by atoms with Gasteiger partial charge in [-0.25, -0.2) is 4.39 Å². The van der Waals surface area contributed by atoms with Crippen LogP contribution in [0.3, 0.4) is 0 Å². The molecule has 3 rings (SSSR count). The third-order valence-electron chi connectivity index (χ3n) is 5.02. The van der Waals surface area contributed by atoms with Gasteiger partial charge in [-0.1, -0.05) is 42.5 Å². The summed E-state index contributed by atoms with van der Waals surface area (Å²) in [4.78, 5) is 2.40. The van der Waals surface area contributed by atoms with Crippen LogP contribution in [0.25, 0.3) is 0 Å². The molecule has 1 N–H and O–H groups in total. The van der Waals surface area contributed by atoms with Crippen LogP contribution in [0.15, 0.2) is 12.1 Å². The van der Waals surface area contributed by atoms with Crippen molar-refractivity contribution < 1.29 is 4.39 Å². The SMILES string of the molecule is Fc1c(Cl)ccc(Cl)c1[C@H](C1CCCCC1)N1CCNCC1. The fourth-order valence-electron chi connectivity index (χ4n) is 3.94. The molecule has 1 aliphatic heterocycles. The molecule has 1 aliphatic carbocycles. The Kier molecular flexibility index (Phi) is 5.61. The van der Waals surface area contributed by atoms with E-state index in [2.05, 4.69) is 10.2 Å². The molecule has 1 aromatic rings. The molecule has 0 bridgehead atoms. The monoisotopic (exact) mass is 344 g/mol. The van der Waals surface area contributed by atoms with Crippen LogP contribution < -0.4 is 5.32 Å². The van der Waals surface area contributed by atoms with Crippen molar-refractivity contribution in [2.24, 2.45) is 5.92 Å². The molecule has 0 radical (unpaired) electrons. The highest BCUT2D eigenvalue weighted by atomic mass is 35.5. The normalized spacial score (nSPS) is 22.7. The van der Waals surface area contributed by atoms with Crippen molar-refractivity contribution in [3.63, 3.8) is 0 Å². The largest absolute Gasteiger partial charge is 0.314 e. The minimum Gasteiger partial charge on any atom is -0.314 e. The van der Waals surface area contributed by atoms with E-state index in [-0.39, 0.29) is 16.9 Å². The van der Waals surface area contributed by atoms with Gasteiger partial charge in [0, 0.05) is 42.8 Å². The zero-order chi connectivity index (χ0) is 15.5. The first-order chi connectivity index (χ1) is 10.7. The Morgan fingerprint density at radius 3 is 2.36 bits per heavy atom. The first-order valence-electron chi connectivity index (χ1n) is 8.26. The summed E-state index contributed by atoms with van der Waals surface area (Å²) in [5.41, 5.74) is 0.614. The first-order valence-corrected chi connectivity index (χ1v) is 9.02. The van der Waals surface area contributed by atoms with Crippen molar-refractivity contribution in [3.05, 3.63) is 33.6 Å².